The predicted octanol–water partition coefficient (Wildman–Crippen LogP) is -0.0678. The maximum atomic E-state index is 11.8. The van der Waals surface area contributed by atoms with Crippen LogP contribution in [0.2, 0.25) is 0 Å². The van der Waals surface area contributed by atoms with Crippen molar-refractivity contribution in [3.8, 4) is 0 Å². The highest BCUT2D eigenvalue weighted by atomic mass is 16.4. The highest BCUT2D eigenvalue weighted by molar-refractivity contribution is 6.01. The smallest absolute Gasteiger partial charge is 0.325 e. The Morgan fingerprint density at radius 3 is 2.94 bits per heavy atom. The number of carbonyl (C=O) groups excluding carboxylic acids is 1. The Morgan fingerprint density at radius 1 is 1.47 bits per heavy atom. The van der Waals surface area contributed by atoms with Crippen molar-refractivity contribution in [1.82, 2.24) is 19.9 Å². The van der Waals surface area contributed by atoms with Crippen molar-refractivity contribution >= 4 is 17.4 Å². The third kappa shape index (κ3) is 2.07. The predicted molar refractivity (Wildman–Crippen MR) is 57.6 cm³/mol. The van der Waals surface area contributed by atoms with Crippen LogP contribution < -0.4 is 5.32 Å². The van der Waals surface area contributed by atoms with Gasteiger partial charge in [-0.3, -0.25) is 14.6 Å². The van der Waals surface area contributed by atoms with Gasteiger partial charge in [0.15, 0.2) is 0 Å². The van der Waals surface area contributed by atoms with Gasteiger partial charge >= 0.3 is 5.97 Å². The first-order valence-corrected chi connectivity index (χ1v) is 4.90. The van der Waals surface area contributed by atoms with Crippen LogP contribution >= 0.6 is 0 Å². The zero-order valence-electron chi connectivity index (χ0n) is 8.99. The summed E-state index contributed by atoms with van der Waals surface area (Å²) in [6, 6.07) is -0.950. The molecular formula is C10H10N4O3. The van der Waals surface area contributed by atoms with Crippen molar-refractivity contribution in [2.24, 2.45) is 0 Å². The number of carboxylic acids is 1. The minimum absolute atomic E-state index is 0.297. The summed E-state index contributed by atoms with van der Waals surface area (Å²) >= 11 is 0. The van der Waals surface area contributed by atoms with Crippen LogP contribution in [0.1, 0.15) is 17.3 Å². The molecule has 0 unspecified atom stereocenters. The summed E-state index contributed by atoms with van der Waals surface area (Å²) in [7, 11) is 0. The van der Waals surface area contributed by atoms with Crippen molar-refractivity contribution in [3.63, 3.8) is 0 Å². The number of carboxylic acid groups (broad SMARTS) is 1. The molecule has 0 fully saturated rings. The van der Waals surface area contributed by atoms with Gasteiger partial charge in [0.1, 0.15) is 6.04 Å². The van der Waals surface area contributed by atoms with E-state index in [1.165, 1.54) is 23.8 Å². The third-order valence-electron chi connectivity index (χ3n) is 2.29. The minimum atomic E-state index is -1.09. The molecule has 2 heterocycles. The SMILES string of the molecule is C[C@H](NC(=O)c1cnn2ccncc12)C(=O)O. The molecular weight excluding hydrogens is 224 g/mol. The lowest BCUT2D eigenvalue weighted by Crippen LogP contribution is -2.38. The largest absolute Gasteiger partial charge is 0.480 e. The van der Waals surface area contributed by atoms with Crippen LogP contribution in [0, 0.1) is 0 Å². The Bertz CT molecular complexity index is 578. The molecule has 0 saturated heterocycles. The van der Waals surface area contributed by atoms with E-state index >= 15 is 0 Å². The fourth-order valence-corrected chi connectivity index (χ4v) is 1.35. The first-order valence-electron chi connectivity index (χ1n) is 4.90. The molecule has 88 valence electrons. The van der Waals surface area contributed by atoms with E-state index in [4.69, 9.17) is 5.11 Å². The van der Waals surface area contributed by atoms with Gasteiger partial charge in [0.2, 0.25) is 0 Å². The van der Waals surface area contributed by atoms with Crippen molar-refractivity contribution in [2.75, 3.05) is 0 Å². The Hall–Kier alpha value is -2.44. The Balaban J connectivity index is 2.28. The summed E-state index contributed by atoms with van der Waals surface area (Å²) in [5.41, 5.74) is 0.828. The van der Waals surface area contributed by atoms with Gasteiger partial charge in [0.05, 0.1) is 23.5 Å². The molecule has 0 spiro atoms. The van der Waals surface area contributed by atoms with Gasteiger partial charge in [0.25, 0.3) is 5.91 Å². The number of hydrogen-bond acceptors (Lipinski definition) is 4. The number of hydrogen-bond donors (Lipinski definition) is 2. The molecule has 7 heteroatoms. The number of aromatic nitrogens is 3. The van der Waals surface area contributed by atoms with Crippen LogP contribution in [-0.4, -0.2) is 37.6 Å². The van der Waals surface area contributed by atoms with E-state index in [0.717, 1.165) is 0 Å². The van der Waals surface area contributed by atoms with Gasteiger partial charge in [-0.05, 0) is 6.92 Å². The molecule has 17 heavy (non-hydrogen) atoms. The van der Waals surface area contributed by atoms with Gasteiger partial charge in [-0.15, -0.1) is 0 Å². The lowest BCUT2D eigenvalue weighted by molar-refractivity contribution is -0.138. The number of carbonyl (C=O) groups is 2. The number of amides is 1. The van der Waals surface area contributed by atoms with Gasteiger partial charge < -0.3 is 10.4 Å². The van der Waals surface area contributed by atoms with Crippen LogP contribution in [0.3, 0.4) is 0 Å². The fraction of sp³-hybridized carbons (Fsp3) is 0.200. The fourth-order valence-electron chi connectivity index (χ4n) is 1.35. The molecule has 0 saturated carbocycles. The highest BCUT2D eigenvalue weighted by Gasteiger charge is 2.18. The Morgan fingerprint density at radius 2 is 2.24 bits per heavy atom. The minimum Gasteiger partial charge on any atom is -0.480 e. The lowest BCUT2D eigenvalue weighted by atomic mass is 10.2. The number of fused-ring (bicyclic) bond motifs is 1. The van der Waals surface area contributed by atoms with E-state index in [1.807, 2.05) is 0 Å². The average Bonchev–Trinajstić information content (AvgIpc) is 2.72. The number of aliphatic carboxylic acids is 1. The zero-order valence-corrected chi connectivity index (χ0v) is 8.99. The van der Waals surface area contributed by atoms with E-state index in [9.17, 15) is 9.59 Å². The summed E-state index contributed by atoms with van der Waals surface area (Å²) in [6.45, 7) is 1.39. The van der Waals surface area contributed by atoms with Crippen LogP contribution in [0.15, 0.2) is 24.8 Å². The molecule has 0 radical (unpaired) electrons. The summed E-state index contributed by atoms with van der Waals surface area (Å²) in [5.74, 6) is -1.57. The van der Waals surface area contributed by atoms with E-state index < -0.39 is 17.9 Å². The van der Waals surface area contributed by atoms with Crippen molar-refractivity contribution in [2.45, 2.75) is 13.0 Å². The van der Waals surface area contributed by atoms with Crippen LogP contribution in [0.4, 0.5) is 0 Å². The van der Waals surface area contributed by atoms with Crippen molar-refractivity contribution in [1.29, 1.82) is 0 Å². The quantitative estimate of drug-likeness (QED) is 0.775. The second-order valence-corrected chi connectivity index (χ2v) is 3.50. The van der Waals surface area contributed by atoms with E-state index in [1.54, 1.807) is 12.4 Å². The van der Waals surface area contributed by atoms with Crippen LogP contribution in [-0.2, 0) is 4.79 Å². The van der Waals surface area contributed by atoms with E-state index in [0.29, 0.717) is 11.1 Å². The molecule has 2 rings (SSSR count). The maximum absolute atomic E-state index is 11.8. The standard InChI is InChI=1S/C10H10N4O3/c1-6(10(16)17)13-9(15)7-4-12-14-3-2-11-5-8(7)14/h2-6H,1H3,(H,13,15)(H,16,17)/t6-/m0/s1. The Kier molecular flexibility index (Phi) is 2.73. The monoisotopic (exact) mass is 234 g/mol. The molecule has 7 nitrogen and oxygen atoms in total. The third-order valence-corrected chi connectivity index (χ3v) is 2.29. The van der Waals surface area contributed by atoms with Crippen molar-refractivity contribution < 1.29 is 14.7 Å². The normalized spacial score (nSPS) is 12.3. The summed E-state index contributed by atoms with van der Waals surface area (Å²) in [6.07, 6.45) is 6.02. The van der Waals surface area contributed by atoms with Crippen molar-refractivity contribution in [3.05, 3.63) is 30.4 Å². The second kappa shape index (κ2) is 4.20. The second-order valence-electron chi connectivity index (χ2n) is 3.50. The number of rotatable bonds is 3. The van der Waals surface area contributed by atoms with Crippen LogP contribution in [0.25, 0.3) is 5.52 Å². The average molecular weight is 234 g/mol. The molecule has 0 aliphatic rings. The summed E-state index contributed by atoms with van der Waals surface area (Å²) in [5, 5.41) is 15.0. The molecule has 0 aliphatic carbocycles. The topological polar surface area (TPSA) is 96.6 Å². The van der Waals surface area contributed by atoms with E-state index in [2.05, 4.69) is 15.4 Å². The molecule has 1 amide bonds. The summed E-state index contributed by atoms with van der Waals surface area (Å²) in [4.78, 5) is 26.3. The van der Waals surface area contributed by atoms with Crippen LogP contribution in [0.5, 0.6) is 0 Å². The maximum Gasteiger partial charge on any atom is 0.325 e. The molecule has 2 aromatic heterocycles. The van der Waals surface area contributed by atoms with Gasteiger partial charge in [-0.2, -0.15) is 5.10 Å². The van der Waals surface area contributed by atoms with Gasteiger partial charge in [0, 0.05) is 12.4 Å². The molecule has 0 bridgehead atoms. The molecule has 1 atom stereocenters. The summed E-state index contributed by atoms with van der Waals surface area (Å²) < 4.78 is 1.49. The molecule has 0 aromatic carbocycles. The molecule has 0 aliphatic heterocycles. The highest BCUT2D eigenvalue weighted by Crippen LogP contribution is 2.08. The van der Waals surface area contributed by atoms with Gasteiger partial charge in [-0.1, -0.05) is 0 Å². The molecule has 2 aromatic rings. The lowest BCUT2D eigenvalue weighted by Gasteiger charge is -2.07. The number of nitrogens with one attached hydrogen (secondary N) is 1. The van der Waals surface area contributed by atoms with Gasteiger partial charge in [-0.25, -0.2) is 4.52 Å². The molecule has 2 N–H and O–H groups in total. The first-order chi connectivity index (χ1) is 8.09. The Labute approximate surface area is 96.1 Å². The number of nitrogens with zero attached hydrogens (tertiary/aromatic N) is 3. The van der Waals surface area contributed by atoms with E-state index in [-0.39, 0.29) is 0 Å². The zero-order chi connectivity index (χ0) is 12.4. The first kappa shape index (κ1) is 11.1.